The molecule has 0 radical (unpaired) electrons. The van der Waals surface area contributed by atoms with Gasteiger partial charge in [-0.25, -0.2) is 9.78 Å². The van der Waals surface area contributed by atoms with Crippen molar-refractivity contribution >= 4 is 28.8 Å². The van der Waals surface area contributed by atoms with Gasteiger partial charge in [-0.2, -0.15) is 0 Å². The molecule has 2 aromatic carbocycles. The minimum Gasteiger partial charge on any atom is -0.465 e. The van der Waals surface area contributed by atoms with E-state index < -0.39 is 5.97 Å². The molecule has 0 aliphatic heterocycles. The van der Waals surface area contributed by atoms with Crippen molar-refractivity contribution in [2.75, 3.05) is 17.7 Å². The number of nitrogens with one attached hydrogen (secondary N) is 2. The maximum absolute atomic E-state index is 12.0. The van der Waals surface area contributed by atoms with Crippen molar-refractivity contribution in [3.05, 3.63) is 78.0 Å². The first-order chi connectivity index (χ1) is 16.6. The number of carbonyl (C=O) groups is 1. The van der Waals surface area contributed by atoms with Crippen molar-refractivity contribution in [2.45, 2.75) is 43.9 Å². The highest BCUT2D eigenvalue weighted by molar-refractivity contribution is 5.95. The molecule has 1 aromatic heterocycles. The van der Waals surface area contributed by atoms with Crippen LogP contribution in [-0.4, -0.2) is 18.1 Å². The molecule has 1 heterocycles. The quantitative estimate of drug-likeness (QED) is 0.401. The Balaban J connectivity index is 1.17. The molecule has 3 aromatic rings. The van der Waals surface area contributed by atoms with E-state index in [1.54, 1.807) is 18.3 Å². The van der Waals surface area contributed by atoms with Gasteiger partial charge in [0.15, 0.2) is 0 Å². The van der Waals surface area contributed by atoms with Crippen LogP contribution in [0.4, 0.5) is 22.9 Å². The number of esters is 1. The van der Waals surface area contributed by atoms with E-state index in [0.29, 0.717) is 16.8 Å². The van der Waals surface area contributed by atoms with E-state index in [-0.39, 0.29) is 0 Å². The molecular weight excluding hydrogens is 422 g/mol. The smallest absolute Gasteiger partial charge is 0.341 e. The van der Waals surface area contributed by atoms with Crippen molar-refractivity contribution in [1.29, 1.82) is 0 Å². The number of pyridine rings is 1. The monoisotopic (exact) mass is 453 g/mol. The van der Waals surface area contributed by atoms with E-state index in [0.717, 1.165) is 34.8 Å². The first-order valence-corrected chi connectivity index (χ1v) is 12.4. The van der Waals surface area contributed by atoms with E-state index in [9.17, 15) is 4.79 Å². The van der Waals surface area contributed by atoms with Gasteiger partial charge < -0.3 is 15.4 Å². The summed E-state index contributed by atoms with van der Waals surface area (Å²) >= 11 is 0. The lowest BCUT2D eigenvalue weighted by Crippen LogP contribution is -2.48. The van der Waals surface area contributed by atoms with Crippen LogP contribution in [0.5, 0.6) is 0 Å². The molecule has 4 bridgehead atoms. The van der Waals surface area contributed by atoms with Crippen molar-refractivity contribution in [3.63, 3.8) is 0 Å². The number of hydrogen-bond donors (Lipinski definition) is 2. The summed E-state index contributed by atoms with van der Waals surface area (Å²) in [6.07, 6.45) is 10.2. The first kappa shape index (κ1) is 21.2. The Hall–Kier alpha value is -3.34. The largest absolute Gasteiger partial charge is 0.465 e. The minimum atomic E-state index is -0.409. The molecule has 0 spiro atoms. The number of anilines is 4. The molecular formula is C29H31N3O2. The highest BCUT2D eigenvalue weighted by atomic mass is 16.5. The Kier molecular flexibility index (Phi) is 5.28. The van der Waals surface area contributed by atoms with Crippen LogP contribution in [0.2, 0.25) is 0 Å². The zero-order valence-electron chi connectivity index (χ0n) is 19.6. The molecule has 4 aliphatic carbocycles. The van der Waals surface area contributed by atoms with Crippen molar-refractivity contribution in [1.82, 2.24) is 4.98 Å². The maximum atomic E-state index is 12.0. The number of benzene rings is 2. The van der Waals surface area contributed by atoms with Crippen molar-refractivity contribution in [3.8, 4) is 0 Å². The summed E-state index contributed by atoms with van der Waals surface area (Å²) in [5.74, 6) is 2.91. The molecule has 174 valence electrons. The van der Waals surface area contributed by atoms with Gasteiger partial charge in [-0.1, -0.05) is 12.1 Å². The highest BCUT2D eigenvalue weighted by Crippen LogP contribution is 2.60. The zero-order chi connectivity index (χ0) is 23.1. The molecule has 4 saturated carbocycles. The van der Waals surface area contributed by atoms with Gasteiger partial charge in [-0.05, 0) is 116 Å². The molecule has 5 heteroatoms. The predicted molar refractivity (Wildman–Crippen MR) is 135 cm³/mol. The van der Waals surface area contributed by atoms with Gasteiger partial charge >= 0.3 is 5.97 Å². The number of nitrogens with zero attached hydrogens (tertiary/aromatic N) is 1. The average molecular weight is 454 g/mol. The van der Waals surface area contributed by atoms with Crippen LogP contribution in [0.25, 0.3) is 0 Å². The van der Waals surface area contributed by atoms with Gasteiger partial charge in [0.1, 0.15) is 11.4 Å². The molecule has 4 fully saturated rings. The van der Waals surface area contributed by atoms with Gasteiger partial charge in [0.05, 0.1) is 7.11 Å². The van der Waals surface area contributed by atoms with Crippen LogP contribution in [0.3, 0.4) is 0 Å². The third-order valence-electron chi connectivity index (χ3n) is 8.16. The first-order valence-electron chi connectivity index (χ1n) is 12.4. The Morgan fingerprint density at radius 1 is 0.853 bits per heavy atom. The number of hydrogen-bond acceptors (Lipinski definition) is 5. The summed E-state index contributed by atoms with van der Waals surface area (Å²) in [7, 11) is 1.37. The van der Waals surface area contributed by atoms with Crippen molar-refractivity contribution < 1.29 is 9.53 Å². The number of aromatic nitrogens is 1. The minimum absolute atomic E-state index is 0.403. The van der Waals surface area contributed by atoms with E-state index in [4.69, 9.17) is 4.74 Å². The maximum Gasteiger partial charge on any atom is 0.341 e. The zero-order valence-corrected chi connectivity index (χ0v) is 19.6. The van der Waals surface area contributed by atoms with Crippen LogP contribution in [0.15, 0.2) is 66.9 Å². The molecule has 0 atom stereocenters. The van der Waals surface area contributed by atoms with Crippen LogP contribution in [0, 0.1) is 17.8 Å². The van der Waals surface area contributed by atoms with Crippen LogP contribution in [0.1, 0.15) is 54.4 Å². The second-order valence-corrected chi connectivity index (χ2v) is 10.5. The van der Waals surface area contributed by atoms with Crippen LogP contribution >= 0.6 is 0 Å². The topological polar surface area (TPSA) is 63.2 Å². The SMILES string of the molecule is COC(=O)c1cccnc1Nc1ccc(Nc2cccc(C34CC5CC(CC(C5)C3)C4)c2)cc1. The van der Waals surface area contributed by atoms with Gasteiger partial charge in [0, 0.05) is 23.3 Å². The van der Waals surface area contributed by atoms with Crippen LogP contribution in [-0.2, 0) is 10.2 Å². The number of rotatable bonds is 6. The summed E-state index contributed by atoms with van der Waals surface area (Å²) < 4.78 is 4.86. The molecule has 5 nitrogen and oxygen atoms in total. The van der Waals surface area contributed by atoms with Crippen LogP contribution < -0.4 is 10.6 Å². The fourth-order valence-electron chi connectivity index (χ4n) is 7.11. The summed E-state index contributed by atoms with van der Waals surface area (Å²) in [5, 5.41) is 6.81. The molecule has 34 heavy (non-hydrogen) atoms. The second kappa shape index (κ2) is 8.46. The Bertz CT molecular complexity index is 1170. The second-order valence-electron chi connectivity index (χ2n) is 10.5. The molecule has 7 rings (SSSR count). The Labute approximate surface area is 201 Å². The lowest BCUT2D eigenvalue weighted by molar-refractivity contribution is -0.00516. The standard InChI is InChI=1S/C29H31N3O2/c1-34-28(33)26-6-3-11-30-27(26)32-24-9-7-23(8-10-24)31-25-5-2-4-22(15-25)29-16-19-12-20(17-29)14-21(13-19)18-29/h2-11,15,19-21,31H,12-14,16-18H2,1H3,(H,30,32). The summed E-state index contributed by atoms with van der Waals surface area (Å²) in [6, 6.07) is 20.6. The third-order valence-corrected chi connectivity index (χ3v) is 8.16. The van der Waals surface area contributed by atoms with E-state index in [2.05, 4.69) is 39.9 Å². The van der Waals surface area contributed by atoms with Gasteiger partial charge in [0.25, 0.3) is 0 Å². The summed E-state index contributed by atoms with van der Waals surface area (Å²) in [4.78, 5) is 16.3. The van der Waals surface area contributed by atoms with Gasteiger partial charge in [0.2, 0.25) is 0 Å². The third kappa shape index (κ3) is 3.93. The fraction of sp³-hybridized carbons (Fsp3) is 0.379. The average Bonchev–Trinajstić information content (AvgIpc) is 2.84. The number of ether oxygens (including phenoxy) is 1. The Morgan fingerprint density at radius 3 is 2.15 bits per heavy atom. The fourth-order valence-corrected chi connectivity index (χ4v) is 7.11. The summed E-state index contributed by atoms with van der Waals surface area (Å²) in [5.41, 5.74) is 5.38. The normalized spacial score (nSPS) is 26.8. The molecule has 0 saturated heterocycles. The highest BCUT2D eigenvalue weighted by Gasteiger charge is 2.51. The molecule has 0 amide bonds. The van der Waals surface area contributed by atoms with Gasteiger partial charge in [-0.3, -0.25) is 0 Å². The summed E-state index contributed by atoms with van der Waals surface area (Å²) in [6.45, 7) is 0. The molecule has 4 aliphatic rings. The Morgan fingerprint density at radius 2 is 1.50 bits per heavy atom. The van der Waals surface area contributed by atoms with E-state index in [1.165, 1.54) is 51.2 Å². The predicted octanol–water partition coefficient (Wildman–Crippen LogP) is 6.82. The lowest BCUT2D eigenvalue weighted by atomic mass is 9.48. The van der Waals surface area contributed by atoms with E-state index >= 15 is 0 Å². The van der Waals surface area contributed by atoms with Crippen molar-refractivity contribution in [2.24, 2.45) is 17.8 Å². The van der Waals surface area contributed by atoms with Gasteiger partial charge in [-0.15, -0.1) is 0 Å². The number of methoxy groups -OCH3 is 1. The molecule has 0 unspecified atom stereocenters. The number of carbonyl (C=O) groups excluding carboxylic acids is 1. The van der Waals surface area contributed by atoms with E-state index in [1.807, 2.05) is 24.3 Å². The lowest BCUT2D eigenvalue weighted by Gasteiger charge is -2.57. The molecule has 2 N–H and O–H groups in total.